The average molecular weight is 421 g/mol. The Labute approximate surface area is 180 Å². The van der Waals surface area contributed by atoms with Crippen molar-refractivity contribution in [2.45, 2.75) is 51.2 Å². The van der Waals surface area contributed by atoms with Gasteiger partial charge in [-0.3, -0.25) is 9.59 Å². The molecule has 31 heavy (non-hydrogen) atoms. The minimum Gasteiger partial charge on any atom is -0.451 e. The molecule has 1 aliphatic rings. The number of carbonyl (C=O) groups is 1. The van der Waals surface area contributed by atoms with Gasteiger partial charge < -0.3 is 19.4 Å². The number of nitrogens with zero attached hydrogens (tertiary/aromatic N) is 2. The molecule has 4 rings (SSSR count). The Morgan fingerprint density at radius 2 is 2.00 bits per heavy atom. The minimum absolute atomic E-state index is 0.111. The molecule has 0 aliphatic heterocycles. The van der Waals surface area contributed by atoms with Gasteiger partial charge in [-0.2, -0.15) is 0 Å². The third kappa shape index (κ3) is 4.46. The van der Waals surface area contributed by atoms with Crippen molar-refractivity contribution in [1.29, 1.82) is 0 Å². The molecule has 2 atom stereocenters. The Balaban J connectivity index is 1.57. The lowest BCUT2D eigenvalue weighted by atomic mass is 9.92. The van der Waals surface area contributed by atoms with Crippen LogP contribution in [0.1, 0.15) is 52.9 Å². The summed E-state index contributed by atoms with van der Waals surface area (Å²) in [6.45, 7) is 1.88. The quantitative estimate of drug-likeness (QED) is 0.660. The van der Waals surface area contributed by atoms with Gasteiger partial charge in [0.05, 0.1) is 12.1 Å². The van der Waals surface area contributed by atoms with Crippen LogP contribution in [0.2, 0.25) is 0 Å². The molecule has 0 bridgehead atoms. The van der Waals surface area contributed by atoms with Gasteiger partial charge in [0.2, 0.25) is 0 Å². The largest absolute Gasteiger partial charge is 0.451 e. The van der Waals surface area contributed by atoms with Crippen LogP contribution < -0.4 is 10.9 Å². The number of aromatic nitrogens is 2. The fraction of sp³-hybridized carbons (Fsp3) is 0.375. The fourth-order valence-electron chi connectivity index (χ4n) is 4.12. The summed E-state index contributed by atoms with van der Waals surface area (Å²) in [7, 11) is 1.68. The van der Waals surface area contributed by atoms with Crippen LogP contribution in [0.5, 0.6) is 0 Å². The second-order valence-corrected chi connectivity index (χ2v) is 8.21. The highest BCUT2D eigenvalue weighted by Gasteiger charge is 2.26. The third-order valence-corrected chi connectivity index (χ3v) is 6.19. The van der Waals surface area contributed by atoms with Gasteiger partial charge in [0.1, 0.15) is 17.5 Å². The van der Waals surface area contributed by atoms with Crippen LogP contribution in [-0.2, 0) is 13.5 Å². The first-order valence-corrected chi connectivity index (χ1v) is 10.6. The molecule has 2 N–H and O–H groups in total. The van der Waals surface area contributed by atoms with E-state index in [1.54, 1.807) is 19.4 Å². The summed E-state index contributed by atoms with van der Waals surface area (Å²) in [5.41, 5.74) is 4.30. The summed E-state index contributed by atoms with van der Waals surface area (Å²) < 4.78 is 6.55. The zero-order valence-corrected chi connectivity index (χ0v) is 17.8. The van der Waals surface area contributed by atoms with Crippen molar-refractivity contribution >= 4 is 5.91 Å². The van der Waals surface area contributed by atoms with Crippen LogP contribution in [0, 0.1) is 6.92 Å². The maximum absolute atomic E-state index is 12.9. The molecule has 0 unspecified atom stereocenters. The van der Waals surface area contributed by atoms with Gasteiger partial charge in [-0.05, 0) is 43.4 Å². The number of aliphatic hydroxyl groups is 1. The molecule has 7 heteroatoms. The van der Waals surface area contributed by atoms with Gasteiger partial charge in [-0.15, -0.1) is 0 Å². The molecule has 2 heterocycles. The maximum Gasteiger partial charge on any atom is 0.263 e. The lowest BCUT2D eigenvalue weighted by molar-refractivity contribution is 0.0715. The van der Waals surface area contributed by atoms with E-state index < -0.39 is 12.0 Å². The van der Waals surface area contributed by atoms with Crippen LogP contribution in [-0.4, -0.2) is 32.7 Å². The highest BCUT2D eigenvalue weighted by Crippen LogP contribution is 2.21. The number of rotatable bonds is 5. The van der Waals surface area contributed by atoms with E-state index >= 15 is 0 Å². The second kappa shape index (κ2) is 8.89. The van der Waals surface area contributed by atoms with Crippen LogP contribution in [0.15, 0.2) is 52.2 Å². The summed E-state index contributed by atoms with van der Waals surface area (Å²) in [5, 5.41) is 13.0. The van der Waals surface area contributed by atoms with Crippen molar-refractivity contribution < 1.29 is 14.3 Å². The van der Waals surface area contributed by atoms with E-state index in [4.69, 9.17) is 4.42 Å². The van der Waals surface area contributed by atoms with E-state index in [2.05, 4.69) is 10.3 Å². The second-order valence-electron chi connectivity index (χ2n) is 8.21. The van der Waals surface area contributed by atoms with Crippen molar-refractivity contribution in [3.8, 4) is 11.3 Å². The molecule has 1 aromatic carbocycles. The predicted octanol–water partition coefficient (Wildman–Crippen LogP) is 2.97. The number of hydrogen-bond acceptors (Lipinski definition) is 5. The van der Waals surface area contributed by atoms with E-state index in [0.717, 1.165) is 47.3 Å². The van der Waals surface area contributed by atoms with Crippen LogP contribution >= 0.6 is 0 Å². The molecule has 1 aliphatic carbocycles. The number of amides is 1. The first-order chi connectivity index (χ1) is 14.9. The van der Waals surface area contributed by atoms with Crippen LogP contribution in [0.25, 0.3) is 11.3 Å². The molecule has 0 saturated heterocycles. The summed E-state index contributed by atoms with van der Waals surface area (Å²) in [6, 6.07) is 9.35. The van der Waals surface area contributed by atoms with E-state index in [1.807, 2.05) is 31.2 Å². The standard InChI is InChI=1S/C24H27N3O4/c1-15-18(11-16-7-9-17(10-8-16)21-13-31-14-25-21)12-19(24(30)27(15)2)23(29)26-20-5-3-4-6-22(20)28/h7-10,12-14,20,22,28H,3-6,11H2,1-2H3,(H,26,29)/t20-,22-/m0/s1. The number of hydrogen-bond donors (Lipinski definition) is 2. The highest BCUT2D eigenvalue weighted by molar-refractivity contribution is 5.94. The fourth-order valence-corrected chi connectivity index (χ4v) is 4.12. The van der Waals surface area contributed by atoms with Crippen molar-refractivity contribution in [2.75, 3.05) is 0 Å². The molecular formula is C24H27N3O4. The Morgan fingerprint density at radius 1 is 1.26 bits per heavy atom. The smallest absolute Gasteiger partial charge is 0.263 e. The number of aliphatic hydroxyl groups excluding tert-OH is 1. The molecule has 1 saturated carbocycles. The number of nitrogens with one attached hydrogen (secondary N) is 1. The molecule has 0 spiro atoms. The van der Waals surface area contributed by atoms with Gasteiger partial charge in [-0.1, -0.05) is 37.1 Å². The SMILES string of the molecule is Cc1c(Cc2ccc(-c3cocn3)cc2)cc(C(=O)N[C@H]2CCCC[C@@H]2O)c(=O)n1C. The monoisotopic (exact) mass is 421 g/mol. The maximum atomic E-state index is 12.9. The lowest BCUT2D eigenvalue weighted by Crippen LogP contribution is -2.46. The first-order valence-electron chi connectivity index (χ1n) is 10.6. The molecule has 7 nitrogen and oxygen atoms in total. The van der Waals surface area contributed by atoms with Crippen LogP contribution in [0.3, 0.4) is 0 Å². The van der Waals surface area contributed by atoms with Crippen molar-refractivity contribution in [2.24, 2.45) is 7.05 Å². The zero-order valence-electron chi connectivity index (χ0n) is 17.8. The van der Waals surface area contributed by atoms with Crippen molar-refractivity contribution in [1.82, 2.24) is 14.9 Å². The van der Waals surface area contributed by atoms with E-state index in [-0.39, 0.29) is 17.2 Å². The first kappa shape index (κ1) is 21.1. The molecule has 2 aromatic heterocycles. The van der Waals surface area contributed by atoms with E-state index in [0.29, 0.717) is 12.8 Å². The molecular weight excluding hydrogens is 394 g/mol. The number of pyridine rings is 1. The number of carbonyl (C=O) groups excluding carboxylic acids is 1. The van der Waals surface area contributed by atoms with Gasteiger partial charge in [-0.25, -0.2) is 4.98 Å². The van der Waals surface area contributed by atoms with Gasteiger partial charge in [0.25, 0.3) is 11.5 Å². The Morgan fingerprint density at radius 3 is 2.68 bits per heavy atom. The van der Waals surface area contributed by atoms with Gasteiger partial charge in [0, 0.05) is 18.3 Å². The minimum atomic E-state index is -0.560. The topological polar surface area (TPSA) is 97.4 Å². The number of oxazole rings is 1. The summed E-state index contributed by atoms with van der Waals surface area (Å²) in [6.07, 6.45) is 6.34. The normalized spacial score (nSPS) is 18.7. The molecule has 1 amide bonds. The average Bonchev–Trinajstić information content (AvgIpc) is 3.31. The predicted molar refractivity (Wildman–Crippen MR) is 117 cm³/mol. The lowest BCUT2D eigenvalue weighted by Gasteiger charge is -2.28. The molecule has 3 aromatic rings. The van der Waals surface area contributed by atoms with Crippen LogP contribution in [0.4, 0.5) is 0 Å². The summed E-state index contributed by atoms with van der Waals surface area (Å²) in [5.74, 6) is -0.422. The third-order valence-electron chi connectivity index (χ3n) is 6.19. The molecule has 0 radical (unpaired) electrons. The van der Waals surface area contributed by atoms with E-state index in [1.165, 1.54) is 11.0 Å². The van der Waals surface area contributed by atoms with Crippen molar-refractivity contribution in [3.63, 3.8) is 0 Å². The Kier molecular flexibility index (Phi) is 6.04. The van der Waals surface area contributed by atoms with Gasteiger partial charge in [0.15, 0.2) is 6.39 Å². The Bertz CT molecular complexity index is 1120. The Hall–Kier alpha value is -3.19. The molecule has 1 fully saturated rings. The van der Waals surface area contributed by atoms with Gasteiger partial charge >= 0.3 is 0 Å². The van der Waals surface area contributed by atoms with Crippen molar-refractivity contribution in [3.05, 3.63) is 75.7 Å². The molecule has 162 valence electrons. The highest BCUT2D eigenvalue weighted by atomic mass is 16.3. The van der Waals surface area contributed by atoms with E-state index in [9.17, 15) is 14.7 Å². The zero-order chi connectivity index (χ0) is 22.0. The summed E-state index contributed by atoms with van der Waals surface area (Å²) >= 11 is 0. The number of benzene rings is 1. The summed E-state index contributed by atoms with van der Waals surface area (Å²) in [4.78, 5) is 29.8.